The number of hydrogen-bond acceptors (Lipinski definition) is 5. The molecule has 0 bridgehead atoms. The molecular formula is C14H16F3N3O4. The number of carbonyl (C=O) groups excluding carboxylic acids is 1. The number of alkyl halides is 3. The number of benzene rings is 1. The standard InChI is InChI=1S/C14H16F3N3O4/c1-9-7-19(5-4-18-9)13(21)11-6-10(24-8-14(15,16)17)2-3-12(11)20(22)23/h2-3,6,9,18H,4-5,7-8H2,1H3. The molecule has 0 saturated carbocycles. The highest BCUT2D eigenvalue weighted by molar-refractivity contribution is 5.98. The van der Waals surface area contributed by atoms with Crippen molar-refractivity contribution in [2.45, 2.75) is 19.1 Å². The third-order valence-electron chi connectivity index (χ3n) is 3.45. The first-order valence-electron chi connectivity index (χ1n) is 7.18. The number of nitro groups is 1. The number of nitrogens with zero attached hydrogens (tertiary/aromatic N) is 2. The van der Waals surface area contributed by atoms with Gasteiger partial charge in [-0.05, 0) is 19.1 Å². The first kappa shape index (κ1) is 18.0. The lowest BCUT2D eigenvalue weighted by Crippen LogP contribution is -2.51. The lowest BCUT2D eigenvalue weighted by Gasteiger charge is -2.31. The average molecular weight is 347 g/mol. The zero-order valence-electron chi connectivity index (χ0n) is 12.8. The maximum atomic E-state index is 12.5. The van der Waals surface area contributed by atoms with E-state index in [1.165, 1.54) is 4.90 Å². The van der Waals surface area contributed by atoms with Crippen molar-refractivity contribution < 1.29 is 27.6 Å². The van der Waals surface area contributed by atoms with Crippen molar-refractivity contribution in [1.29, 1.82) is 0 Å². The largest absolute Gasteiger partial charge is 0.484 e. The lowest BCUT2D eigenvalue weighted by atomic mass is 10.1. The van der Waals surface area contributed by atoms with Crippen LogP contribution in [0.25, 0.3) is 0 Å². The maximum Gasteiger partial charge on any atom is 0.422 e. The van der Waals surface area contributed by atoms with Gasteiger partial charge in [0.2, 0.25) is 0 Å². The molecule has 0 spiro atoms. The first-order valence-corrected chi connectivity index (χ1v) is 7.18. The van der Waals surface area contributed by atoms with E-state index in [9.17, 15) is 28.1 Å². The second kappa shape index (κ2) is 7.04. The SMILES string of the molecule is CC1CN(C(=O)c2cc(OCC(F)(F)F)ccc2[N+](=O)[O-])CCN1. The van der Waals surface area contributed by atoms with Crippen LogP contribution in [-0.2, 0) is 0 Å². The summed E-state index contributed by atoms with van der Waals surface area (Å²) in [6, 6.07) is 3.02. The van der Waals surface area contributed by atoms with Gasteiger partial charge in [0.15, 0.2) is 6.61 Å². The van der Waals surface area contributed by atoms with Crippen LogP contribution in [0.2, 0.25) is 0 Å². The molecule has 1 atom stereocenters. The Morgan fingerprint density at radius 2 is 2.21 bits per heavy atom. The molecule has 1 fully saturated rings. The van der Waals surface area contributed by atoms with Crippen LogP contribution in [0.4, 0.5) is 18.9 Å². The highest BCUT2D eigenvalue weighted by Gasteiger charge is 2.30. The molecule has 1 amide bonds. The Morgan fingerprint density at radius 3 is 2.79 bits per heavy atom. The van der Waals surface area contributed by atoms with Crippen LogP contribution in [-0.4, -0.2) is 54.2 Å². The van der Waals surface area contributed by atoms with Crippen LogP contribution in [0.15, 0.2) is 18.2 Å². The number of hydrogen-bond donors (Lipinski definition) is 1. The predicted molar refractivity (Wildman–Crippen MR) is 78.0 cm³/mol. The van der Waals surface area contributed by atoms with Gasteiger partial charge in [0, 0.05) is 31.7 Å². The van der Waals surface area contributed by atoms with Gasteiger partial charge in [0.05, 0.1) is 4.92 Å². The van der Waals surface area contributed by atoms with E-state index in [0.717, 1.165) is 18.2 Å². The molecule has 1 aromatic rings. The second-order valence-corrected chi connectivity index (χ2v) is 5.45. The molecule has 1 saturated heterocycles. The van der Waals surface area contributed by atoms with Crippen LogP contribution in [0.1, 0.15) is 17.3 Å². The molecule has 0 radical (unpaired) electrons. The number of rotatable bonds is 4. The fraction of sp³-hybridized carbons (Fsp3) is 0.500. The van der Waals surface area contributed by atoms with E-state index in [1.54, 1.807) is 0 Å². The van der Waals surface area contributed by atoms with Gasteiger partial charge in [-0.1, -0.05) is 0 Å². The van der Waals surface area contributed by atoms with Crippen LogP contribution >= 0.6 is 0 Å². The molecule has 1 aliphatic rings. The van der Waals surface area contributed by atoms with Gasteiger partial charge >= 0.3 is 6.18 Å². The van der Waals surface area contributed by atoms with E-state index < -0.39 is 29.3 Å². The minimum absolute atomic E-state index is 0.0198. The van der Waals surface area contributed by atoms with Crippen LogP contribution in [0.3, 0.4) is 0 Å². The Labute approximate surface area is 135 Å². The smallest absolute Gasteiger partial charge is 0.422 e. The van der Waals surface area contributed by atoms with Crippen molar-refractivity contribution >= 4 is 11.6 Å². The summed E-state index contributed by atoms with van der Waals surface area (Å²) in [7, 11) is 0. The summed E-state index contributed by atoms with van der Waals surface area (Å²) in [5.41, 5.74) is -0.751. The molecule has 0 aliphatic carbocycles. The van der Waals surface area contributed by atoms with Crippen molar-refractivity contribution in [2.75, 3.05) is 26.2 Å². The fourth-order valence-electron chi connectivity index (χ4n) is 2.39. The third-order valence-corrected chi connectivity index (χ3v) is 3.45. The van der Waals surface area contributed by atoms with Crippen molar-refractivity contribution in [3.8, 4) is 5.75 Å². The predicted octanol–water partition coefficient (Wildman–Crippen LogP) is 1.97. The van der Waals surface area contributed by atoms with Gasteiger partial charge in [-0.25, -0.2) is 0 Å². The van der Waals surface area contributed by atoms with E-state index in [2.05, 4.69) is 10.1 Å². The zero-order valence-corrected chi connectivity index (χ0v) is 12.8. The summed E-state index contributed by atoms with van der Waals surface area (Å²) < 4.78 is 41.3. The number of carbonyl (C=O) groups is 1. The van der Waals surface area contributed by atoms with Gasteiger partial charge in [0.25, 0.3) is 11.6 Å². The van der Waals surface area contributed by atoms with Crippen LogP contribution in [0.5, 0.6) is 5.75 Å². The quantitative estimate of drug-likeness (QED) is 0.665. The average Bonchev–Trinajstić information content (AvgIpc) is 2.51. The van der Waals surface area contributed by atoms with Crippen molar-refractivity contribution in [3.63, 3.8) is 0 Å². The third kappa shape index (κ3) is 4.57. The van der Waals surface area contributed by atoms with Gasteiger partial charge in [-0.2, -0.15) is 13.2 Å². The van der Waals surface area contributed by atoms with E-state index in [0.29, 0.717) is 19.6 Å². The summed E-state index contributed by atoms with van der Waals surface area (Å²) in [4.78, 5) is 24.3. The Hall–Kier alpha value is -2.36. The number of ether oxygens (including phenoxy) is 1. The summed E-state index contributed by atoms with van der Waals surface area (Å²) in [6.07, 6.45) is -4.54. The second-order valence-electron chi connectivity index (χ2n) is 5.45. The van der Waals surface area contributed by atoms with E-state index in [-0.39, 0.29) is 17.4 Å². The summed E-state index contributed by atoms with van der Waals surface area (Å²) in [5, 5.41) is 14.2. The van der Waals surface area contributed by atoms with E-state index >= 15 is 0 Å². The molecule has 24 heavy (non-hydrogen) atoms. The Bertz CT molecular complexity index is 636. The summed E-state index contributed by atoms with van der Waals surface area (Å²) in [6.45, 7) is 1.56. The highest BCUT2D eigenvalue weighted by Crippen LogP contribution is 2.27. The van der Waals surface area contributed by atoms with Crippen molar-refractivity contribution in [1.82, 2.24) is 10.2 Å². The molecule has 1 heterocycles. The Balaban J connectivity index is 2.27. The van der Waals surface area contributed by atoms with Crippen molar-refractivity contribution in [3.05, 3.63) is 33.9 Å². The number of piperazine rings is 1. The molecule has 1 aliphatic heterocycles. The van der Waals surface area contributed by atoms with Gasteiger partial charge in [0.1, 0.15) is 11.3 Å². The monoisotopic (exact) mass is 347 g/mol. The Kier molecular flexibility index (Phi) is 5.27. The Morgan fingerprint density at radius 1 is 1.50 bits per heavy atom. The number of halogens is 3. The molecular weight excluding hydrogens is 331 g/mol. The molecule has 1 N–H and O–H groups in total. The first-order chi connectivity index (χ1) is 11.2. The topological polar surface area (TPSA) is 84.7 Å². The molecule has 1 aromatic carbocycles. The van der Waals surface area contributed by atoms with E-state index in [4.69, 9.17) is 0 Å². The summed E-state index contributed by atoms with van der Waals surface area (Å²) >= 11 is 0. The van der Waals surface area contributed by atoms with Gasteiger partial charge in [-0.3, -0.25) is 14.9 Å². The van der Waals surface area contributed by atoms with Crippen molar-refractivity contribution in [2.24, 2.45) is 0 Å². The normalized spacial score (nSPS) is 18.3. The van der Waals surface area contributed by atoms with Gasteiger partial charge < -0.3 is 15.0 Å². The maximum absolute atomic E-state index is 12.5. The molecule has 1 unspecified atom stereocenters. The number of nitro benzene ring substituents is 1. The van der Waals surface area contributed by atoms with Gasteiger partial charge in [-0.15, -0.1) is 0 Å². The highest BCUT2D eigenvalue weighted by atomic mass is 19.4. The molecule has 132 valence electrons. The van der Waals surface area contributed by atoms with Crippen LogP contribution in [0, 0.1) is 10.1 Å². The molecule has 7 nitrogen and oxygen atoms in total. The molecule has 0 aromatic heterocycles. The van der Waals surface area contributed by atoms with E-state index in [1.807, 2.05) is 6.92 Å². The number of nitrogens with one attached hydrogen (secondary N) is 1. The molecule has 10 heteroatoms. The zero-order chi connectivity index (χ0) is 17.9. The summed E-state index contributed by atoms with van der Waals surface area (Å²) in [5.74, 6) is -0.850. The minimum Gasteiger partial charge on any atom is -0.484 e. The number of amides is 1. The lowest BCUT2D eigenvalue weighted by molar-refractivity contribution is -0.385. The van der Waals surface area contributed by atoms with Crippen LogP contribution < -0.4 is 10.1 Å². The molecule has 2 rings (SSSR count). The minimum atomic E-state index is -4.54. The fourth-order valence-corrected chi connectivity index (χ4v) is 2.39.